The molecule has 27 heavy (non-hydrogen) atoms. The van der Waals surface area contributed by atoms with E-state index in [1.807, 2.05) is 0 Å². The van der Waals surface area contributed by atoms with Crippen molar-refractivity contribution in [3.63, 3.8) is 0 Å². The van der Waals surface area contributed by atoms with Gasteiger partial charge in [0.25, 0.3) is 11.2 Å². The Labute approximate surface area is 162 Å². The van der Waals surface area contributed by atoms with Gasteiger partial charge in [0, 0.05) is 24.3 Å². The number of aromatic nitrogens is 2. The molecule has 3 aromatic rings. The summed E-state index contributed by atoms with van der Waals surface area (Å²) in [7, 11) is 1.43. The number of hydrogen-bond acceptors (Lipinski definition) is 5. The number of ketones is 1. The van der Waals surface area contributed by atoms with Crippen LogP contribution in [0.5, 0.6) is 11.5 Å². The molecule has 8 nitrogen and oxygen atoms in total. The summed E-state index contributed by atoms with van der Waals surface area (Å²) in [6.07, 6.45) is 1.19. The molecule has 0 aliphatic carbocycles. The largest absolute Gasteiger partial charge is 0.456 e. The van der Waals surface area contributed by atoms with Gasteiger partial charge < -0.3 is 9.84 Å². The van der Waals surface area contributed by atoms with Crippen LogP contribution in [-0.4, -0.2) is 20.5 Å². The number of nitro benzene ring substituents is 1. The van der Waals surface area contributed by atoms with Crippen LogP contribution >= 0.6 is 23.2 Å². The van der Waals surface area contributed by atoms with Gasteiger partial charge in [-0.1, -0.05) is 23.2 Å². The Morgan fingerprint density at radius 2 is 1.93 bits per heavy atom. The number of rotatable bonds is 5. The molecule has 0 saturated carbocycles. The topological polar surface area (TPSA) is 107 Å². The molecule has 0 amide bonds. The normalized spacial score (nSPS) is 10.6. The van der Waals surface area contributed by atoms with E-state index in [0.717, 1.165) is 10.7 Å². The van der Waals surface area contributed by atoms with Gasteiger partial charge in [-0.3, -0.25) is 24.4 Å². The van der Waals surface area contributed by atoms with Gasteiger partial charge in [0.2, 0.25) is 5.78 Å². The first-order valence-electron chi connectivity index (χ1n) is 7.48. The first-order valence-corrected chi connectivity index (χ1v) is 8.24. The van der Waals surface area contributed by atoms with E-state index in [0.29, 0.717) is 5.02 Å². The van der Waals surface area contributed by atoms with Crippen molar-refractivity contribution in [2.75, 3.05) is 0 Å². The summed E-state index contributed by atoms with van der Waals surface area (Å²) >= 11 is 11.9. The number of hydrogen-bond donors (Lipinski definition) is 1. The first kappa shape index (κ1) is 18.7. The van der Waals surface area contributed by atoms with E-state index in [4.69, 9.17) is 27.9 Å². The van der Waals surface area contributed by atoms with E-state index in [1.165, 1.54) is 37.5 Å². The maximum atomic E-state index is 12.7. The van der Waals surface area contributed by atoms with Crippen LogP contribution < -0.4 is 10.3 Å². The average Bonchev–Trinajstić information content (AvgIpc) is 2.95. The molecule has 0 radical (unpaired) electrons. The number of halogens is 2. The Hall–Kier alpha value is -3.10. The molecule has 1 N–H and O–H groups in total. The second kappa shape index (κ2) is 7.26. The van der Waals surface area contributed by atoms with Crippen molar-refractivity contribution in [1.82, 2.24) is 9.78 Å². The fourth-order valence-electron chi connectivity index (χ4n) is 2.37. The standard InChI is InChI=1S/C17H11Cl2N3O5/c1-21-17(24)12(8-20-21)16(23)11-7-10(3-4-14(11)22(25)26)27-15-5-2-9(18)6-13(15)19/h2-8,20H,1H3. The van der Waals surface area contributed by atoms with E-state index in [-0.39, 0.29) is 27.6 Å². The molecule has 0 fully saturated rings. The summed E-state index contributed by atoms with van der Waals surface area (Å²) in [5, 5.41) is 14.5. The fourth-order valence-corrected chi connectivity index (χ4v) is 2.82. The molecule has 0 saturated heterocycles. The van der Waals surface area contributed by atoms with E-state index in [2.05, 4.69) is 5.10 Å². The van der Waals surface area contributed by atoms with Crippen LogP contribution in [-0.2, 0) is 7.05 Å². The Morgan fingerprint density at radius 3 is 2.52 bits per heavy atom. The van der Waals surface area contributed by atoms with Gasteiger partial charge in [-0.15, -0.1) is 0 Å². The lowest BCUT2D eigenvalue weighted by Crippen LogP contribution is -2.19. The molecule has 0 unspecified atom stereocenters. The van der Waals surface area contributed by atoms with Crippen molar-refractivity contribution in [1.29, 1.82) is 0 Å². The van der Waals surface area contributed by atoms with Gasteiger partial charge in [0.1, 0.15) is 22.6 Å². The maximum Gasteiger partial charge on any atom is 0.280 e. The molecule has 3 rings (SSSR count). The number of ether oxygens (including phenoxy) is 1. The quantitative estimate of drug-likeness (QED) is 0.391. The van der Waals surface area contributed by atoms with E-state index in [9.17, 15) is 19.7 Å². The number of nitro groups is 1. The van der Waals surface area contributed by atoms with Crippen LogP contribution in [0.4, 0.5) is 5.69 Å². The van der Waals surface area contributed by atoms with Gasteiger partial charge >= 0.3 is 0 Å². The van der Waals surface area contributed by atoms with E-state index < -0.39 is 22.0 Å². The van der Waals surface area contributed by atoms with Crippen LogP contribution in [0.2, 0.25) is 10.0 Å². The van der Waals surface area contributed by atoms with E-state index in [1.54, 1.807) is 6.07 Å². The molecule has 2 aromatic carbocycles. The molecule has 0 spiro atoms. The zero-order valence-electron chi connectivity index (χ0n) is 13.7. The number of H-pyrrole nitrogens is 1. The first-order chi connectivity index (χ1) is 12.8. The predicted octanol–water partition coefficient (Wildman–Crippen LogP) is 3.95. The summed E-state index contributed by atoms with van der Waals surface area (Å²) < 4.78 is 6.69. The van der Waals surface area contributed by atoms with Crippen molar-refractivity contribution in [2.45, 2.75) is 0 Å². The van der Waals surface area contributed by atoms with Crippen molar-refractivity contribution in [3.8, 4) is 11.5 Å². The number of carbonyl (C=O) groups excluding carboxylic acids is 1. The molecule has 0 aliphatic heterocycles. The summed E-state index contributed by atoms with van der Waals surface area (Å²) in [6.45, 7) is 0. The lowest BCUT2D eigenvalue weighted by Gasteiger charge is -2.09. The number of nitrogens with one attached hydrogen (secondary N) is 1. The Morgan fingerprint density at radius 1 is 1.19 bits per heavy atom. The highest BCUT2D eigenvalue weighted by Gasteiger charge is 2.25. The molecule has 138 valence electrons. The number of nitrogens with zero attached hydrogens (tertiary/aromatic N) is 2. The number of aryl methyl sites for hydroxylation is 1. The Bertz CT molecular complexity index is 1120. The van der Waals surface area contributed by atoms with Gasteiger partial charge in [0.05, 0.1) is 9.95 Å². The lowest BCUT2D eigenvalue weighted by atomic mass is 10.0. The molecular formula is C17H11Cl2N3O5. The lowest BCUT2D eigenvalue weighted by molar-refractivity contribution is -0.385. The minimum Gasteiger partial charge on any atom is -0.456 e. The SMILES string of the molecule is Cn1[nH]cc(C(=O)c2cc(Oc3ccc(Cl)cc3Cl)ccc2[N+](=O)[O-])c1=O. The van der Waals surface area contributed by atoms with E-state index >= 15 is 0 Å². The fraction of sp³-hybridized carbons (Fsp3) is 0.0588. The number of aromatic amines is 1. The summed E-state index contributed by atoms with van der Waals surface area (Å²) in [5.74, 6) is -0.400. The van der Waals surface area contributed by atoms with Crippen LogP contribution in [0, 0.1) is 10.1 Å². The molecule has 0 bridgehead atoms. The summed E-state index contributed by atoms with van der Waals surface area (Å²) in [6, 6.07) is 8.20. The third kappa shape index (κ3) is 3.71. The third-order valence-electron chi connectivity index (χ3n) is 3.71. The molecular weight excluding hydrogens is 397 g/mol. The van der Waals surface area contributed by atoms with Crippen molar-refractivity contribution >= 4 is 34.7 Å². The van der Waals surface area contributed by atoms with Crippen molar-refractivity contribution in [3.05, 3.63) is 84.2 Å². The average molecular weight is 408 g/mol. The van der Waals surface area contributed by atoms with Crippen molar-refractivity contribution in [2.24, 2.45) is 7.05 Å². The summed E-state index contributed by atoms with van der Waals surface area (Å²) in [4.78, 5) is 35.3. The second-order valence-electron chi connectivity index (χ2n) is 5.49. The molecule has 1 heterocycles. The highest BCUT2D eigenvalue weighted by atomic mass is 35.5. The Balaban J connectivity index is 2.05. The monoisotopic (exact) mass is 407 g/mol. The molecule has 0 atom stereocenters. The highest BCUT2D eigenvalue weighted by Crippen LogP contribution is 2.33. The van der Waals surface area contributed by atoms with Crippen LogP contribution in [0.25, 0.3) is 0 Å². The van der Waals surface area contributed by atoms with Gasteiger partial charge in [-0.2, -0.15) is 0 Å². The zero-order valence-corrected chi connectivity index (χ0v) is 15.2. The number of benzene rings is 2. The van der Waals surface area contributed by atoms with Gasteiger partial charge in [-0.25, -0.2) is 0 Å². The number of carbonyl (C=O) groups is 1. The minimum atomic E-state index is -0.795. The molecule has 1 aromatic heterocycles. The maximum absolute atomic E-state index is 12.7. The van der Waals surface area contributed by atoms with Crippen LogP contribution in [0.3, 0.4) is 0 Å². The van der Waals surface area contributed by atoms with Crippen LogP contribution in [0.15, 0.2) is 47.4 Å². The smallest absolute Gasteiger partial charge is 0.280 e. The summed E-state index contributed by atoms with van der Waals surface area (Å²) in [5.41, 5.74) is -1.54. The zero-order chi connectivity index (χ0) is 19.7. The second-order valence-corrected chi connectivity index (χ2v) is 6.34. The molecule has 0 aliphatic rings. The van der Waals surface area contributed by atoms with Crippen LogP contribution in [0.1, 0.15) is 15.9 Å². The third-order valence-corrected chi connectivity index (χ3v) is 4.24. The van der Waals surface area contributed by atoms with Gasteiger partial charge in [-0.05, 0) is 30.3 Å². The van der Waals surface area contributed by atoms with Crippen molar-refractivity contribution < 1.29 is 14.5 Å². The van der Waals surface area contributed by atoms with Gasteiger partial charge in [0.15, 0.2) is 0 Å². The Kier molecular flexibility index (Phi) is 5.02. The predicted molar refractivity (Wildman–Crippen MR) is 99.1 cm³/mol. The molecule has 10 heteroatoms. The highest BCUT2D eigenvalue weighted by molar-refractivity contribution is 6.35. The minimum absolute atomic E-state index is 0.139.